The fourth-order valence-corrected chi connectivity index (χ4v) is 2.95. The maximum atomic E-state index is 12.8. The Bertz CT molecular complexity index is 484. The number of hydrogen-bond acceptors (Lipinski definition) is 4. The average molecular weight is 293 g/mol. The maximum Gasteiger partial charge on any atom is 0.257 e. The summed E-state index contributed by atoms with van der Waals surface area (Å²) in [6.07, 6.45) is 3.60. The molecule has 1 unspecified atom stereocenters. The second kappa shape index (κ2) is 7.04. The number of carbonyl (C=O) groups excluding carboxylic acids is 1. The van der Waals surface area contributed by atoms with Crippen LogP contribution in [-0.2, 0) is 6.54 Å². The molecule has 1 aromatic rings. The van der Waals surface area contributed by atoms with Gasteiger partial charge in [-0.15, -0.1) is 0 Å². The average Bonchev–Trinajstić information content (AvgIpc) is 2.72. The molecule has 1 aliphatic rings. The van der Waals surface area contributed by atoms with Gasteiger partial charge in [-0.05, 0) is 46.8 Å². The number of rotatable bonds is 4. The Balaban J connectivity index is 2.13. The Kier molecular flexibility index (Phi) is 5.36. The van der Waals surface area contributed by atoms with Crippen molar-refractivity contribution in [1.29, 1.82) is 0 Å². The number of aryl methyl sites for hydroxylation is 1. The number of aromatic nitrogens is 2. The van der Waals surface area contributed by atoms with Crippen LogP contribution in [0.4, 0.5) is 0 Å². The molecule has 2 rings (SSSR count). The van der Waals surface area contributed by atoms with Crippen molar-refractivity contribution in [3.8, 4) is 0 Å². The zero-order valence-electron chi connectivity index (χ0n) is 13.4. The van der Waals surface area contributed by atoms with Crippen molar-refractivity contribution < 1.29 is 4.79 Å². The molecule has 21 heavy (non-hydrogen) atoms. The first-order chi connectivity index (χ1) is 10.0. The lowest BCUT2D eigenvalue weighted by Gasteiger charge is -2.28. The quantitative estimate of drug-likeness (QED) is 0.887. The van der Waals surface area contributed by atoms with Gasteiger partial charge < -0.3 is 15.5 Å². The van der Waals surface area contributed by atoms with Crippen LogP contribution in [0.25, 0.3) is 0 Å². The van der Waals surface area contributed by atoms with E-state index in [1.54, 1.807) is 6.20 Å². The Morgan fingerprint density at radius 3 is 2.95 bits per heavy atom. The number of likely N-dealkylation sites (N-methyl/N-ethyl adjacent to an activating group) is 1. The lowest BCUT2D eigenvalue weighted by Crippen LogP contribution is -2.42. The van der Waals surface area contributed by atoms with Crippen molar-refractivity contribution in [3.63, 3.8) is 0 Å². The van der Waals surface area contributed by atoms with E-state index < -0.39 is 0 Å². The molecule has 1 aromatic heterocycles. The predicted octanol–water partition coefficient (Wildman–Crippen LogP) is 0.707. The van der Waals surface area contributed by atoms with Crippen LogP contribution in [0.5, 0.6) is 0 Å². The summed E-state index contributed by atoms with van der Waals surface area (Å²) in [7, 11) is 2.11. The summed E-state index contributed by atoms with van der Waals surface area (Å²) >= 11 is 0. The van der Waals surface area contributed by atoms with Gasteiger partial charge in [0.15, 0.2) is 0 Å². The van der Waals surface area contributed by atoms with Crippen LogP contribution in [-0.4, -0.2) is 64.8 Å². The summed E-state index contributed by atoms with van der Waals surface area (Å²) in [4.78, 5) is 17.1. The zero-order chi connectivity index (χ0) is 15.4. The van der Waals surface area contributed by atoms with E-state index in [4.69, 9.17) is 5.73 Å². The van der Waals surface area contributed by atoms with Gasteiger partial charge in [-0.1, -0.05) is 0 Å². The monoisotopic (exact) mass is 293 g/mol. The number of nitrogens with zero attached hydrogens (tertiary/aromatic N) is 4. The second-order valence-corrected chi connectivity index (χ2v) is 5.97. The van der Waals surface area contributed by atoms with E-state index in [1.165, 1.54) is 0 Å². The molecular weight excluding hydrogens is 266 g/mol. The first kappa shape index (κ1) is 16.0. The van der Waals surface area contributed by atoms with Gasteiger partial charge in [-0.25, -0.2) is 0 Å². The van der Waals surface area contributed by atoms with E-state index in [0.29, 0.717) is 6.54 Å². The minimum atomic E-state index is 0.106. The first-order valence-corrected chi connectivity index (χ1v) is 7.76. The highest BCUT2D eigenvalue weighted by Gasteiger charge is 2.27. The summed E-state index contributed by atoms with van der Waals surface area (Å²) in [5, 5.41) is 4.34. The molecule has 1 saturated heterocycles. The SMILES string of the molecule is Cc1c(C(=O)N2CCCN(C)CC2C)cnn1CCCN. The third-order valence-corrected chi connectivity index (χ3v) is 4.22. The van der Waals surface area contributed by atoms with Crippen molar-refractivity contribution in [1.82, 2.24) is 19.6 Å². The third-order valence-electron chi connectivity index (χ3n) is 4.22. The standard InChI is InChI=1S/C15H27N5O/c1-12-11-18(3)7-5-8-19(12)15(21)14-10-17-20(13(14)2)9-4-6-16/h10,12H,4-9,11,16H2,1-3H3. The molecule has 2 heterocycles. The molecule has 0 aliphatic carbocycles. The fourth-order valence-electron chi connectivity index (χ4n) is 2.95. The van der Waals surface area contributed by atoms with Crippen LogP contribution in [0.1, 0.15) is 35.8 Å². The van der Waals surface area contributed by atoms with Crippen LogP contribution in [0.3, 0.4) is 0 Å². The van der Waals surface area contributed by atoms with Gasteiger partial charge in [0.05, 0.1) is 11.8 Å². The predicted molar refractivity (Wildman–Crippen MR) is 83.2 cm³/mol. The molecule has 6 nitrogen and oxygen atoms in total. The summed E-state index contributed by atoms with van der Waals surface area (Å²) < 4.78 is 1.88. The molecule has 0 aromatic carbocycles. The minimum Gasteiger partial charge on any atom is -0.335 e. The molecule has 1 atom stereocenters. The van der Waals surface area contributed by atoms with E-state index in [1.807, 2.05) is 16.5 Å². The number of hydrogen-bond donors (Lipinski definition) is 1. The molecule has 118 valence electrons. The molecule has 0 saturated carbocycles. The number of carbonyl (C=O) groups is 1. The Hall–Kier alpha value is -1.40. The van der Waals surface area contributed by atoms with Crippen molar-refractivity contribution in [2.75, 3.05) is 33.2 Å². The van der Waals surface area contributed by atoms with Gasteiger partial charge in [0.1, 0.15) is 0 Å². The highest BCUT2D eigenvalue weighted by atomic mass is 16.2. The topological polar surface area (TPSA) is 67.4 Å². The fraction of sp³-hybridized carbons (Fsp3) is 0.733. The van der Waals surface area contributed by atoms with E-state index in [0.717, 1.165) is 50.3 Å². The third kappa shape index (κ3) is 3.63. The highest BCUT2D eigenvalue weighted by Crippen LogP contribution is 2.16. The van der Waals surface area contributed by atoms with Gasteiger partial charge in [-0.2, -0.15) is 5.10 Å². The summed E-state index contributed by atoms with van der Waals surface area (Å²) in [6, 6.07) is 0.233. The Morgan fingerprint density at radius 2 is 2.24 bits per heavy atom. The first-order valence-electron chi connectivity index (χ1n) is 7.76. The van der Waals surface area contributed by atoms with Crippen LogP contribution < -0.4 is 5.73 Å². The Morgan fingerprint density at radius 1 is 1.48 bits per heavy atom. The van der Waals surface area contributed by atoms with Crippen molar-refractivity contribution in [3.05, 3.63) is 17.5 Å². The molecule has 1 amide bonds. The van der Waals surface area contributed by atoms with Gasteiger partial charge >= 0.3 is 0 Å². The van der Waals surface area contributed by atoms with E-state index in [-0.39, 0.29) is 11.9 Å². The van der Waals surface area contributed by atoms with Crippen molar-refractivity contribution >= 4 is 5.91 Å². The summed E-state index contributed by atoms with van der Waals surface area (Å²) in [6.45, 7) is 8.28. The van der Waals surface area contributed by atoms with Crippen molar-refractivity contribution in [2.24, 2.45) is 5.73 Å². The minimum absolute atomic E-state index is 0.106. The van der Waals surface area contributed by atoms with Gasteiger partial charge in [0.2, 0.25) is 0 Å². The highest BCUT2D eigenvalue weighted by molar-refractivity contribution is 5.95. The number of amides is 1. The van der Waals surface area contributed by atoms with Crippen LogP contribution in [0.15, 0.2) is 6.20 Å². The lowest BCUT2D eigenvalue weighted by atomic mass is 10.2. The van der Waals surface area contributed by atoms with Gasteiger partial charge in [-0.3, -0.25) is 9.48 Å². The largest absolute Gasteiger partial charge is 0.335 e. The molecule has 0 bridgehead atoms. The lowest BCUT2D eigenvalue weighted by molar-refractivity contribution is 0.0695. The summed E-state index contributed by atoms with van der Waals surface area (Å²) in [5.41, 5.74) is 7.21. The number of nitrogens with two attached hydrogens (primary N) is 1. The van der Waals surface area contributed by atoms with Gasteiger partial charge in [0, 0.05) is 31.4 Å². The molecule has 6 heteroatoms. The summed E-state index contributed by atoms with van der Waals surface area (Å²) in [5.74, 6) is 0.106. The normalized spacial score (nSPS) is 20.6. The maximum absolute atomic E-state index is 12.8. The van der Waals surface area contributed by atoms with Crippen LogP contribution in [0, 0.1) is 6.92 Å². The van der Waals surface area contributed by atoms with Gasteiger partial charge in [0.25, 0.3) is 5.91 Å². The van der Waals surface area contributed by atoms with Crippen molar-refractivity contribution in [2.45, 2.75) is 39.3 Å². The Labute approximate surface area is 126 Å². The van der Waals surface area contributed by atoms with E-state index in [2.05, 4.69) is 24.0 Å². The van der Waals surface area contributed by atoms with E-state index >= 15 is 0 Å². The molecule has 2 N–H and O–H groups in total. The zero-order valence-corrected chi connectivity index (χ0v) is 13.4. The van der Waals surface area contributed by atoms with E-state index in [9.17, 15) is 4.79 Å². The van der Waals surface area contributed by atoms with Crippen LogP contribution >= 0.6 is 0 Å². The molecule has 1 fully saturated rings. The molecule has 0 spiro atoms. The smallest absolute Gasteiger partial charge is 0.257 e. The molecule has 0 radical (unpaired) electrons. The second-order valence-electron chi connectivity index (χ2n) is 5.97. The van der Waals surface area contributed by atoms with Crippen LogP contribution in [0.2, 0.25) is 0 Å². The molecule has 1 aliphatic heterocycles. The molecular formula is C15H27N5O.